The summed E-state index contributed by atoms with van der Waals surface area (Å²) >= 11 is 1.35. The zero-order valence-electron chi connectivity index (χ0n) is 17.6. The van der Waals surface area contributed by atoms with Gasteiger partial charge < -0.3 is 14.6 Å². The number of hydrogen-bond donors (Lipinski definition) is 1. The summed E-state index contributed by atoms with van der Waals surface area (Å²) in [7, 11) is 0. The highest BCUT2D eigenvalue weighted by Gasteiger charge is 2.54. The van der Waals surface area contributed by atoms with Crippen LogP contribution in [0.3, 0.4) is 0 Å². The summed E-state index contributed by atoms with van der Waals surface area (Å²) in [5.41, 5.74) is -0.151. The fraction of sp³-hybridized carbons (Fsp3) is 0.810. The number of ether oxygens (including phenoxy) is 1. The van der Waals surface area contributed by atoms with Crippen LogP contribution in [0, 0.1) is 23.2 Å². The summed E-state index contributed by atoms with van der Waals surface area (Å²) < 4.78 is 7.05. The Morgan fingerprint density at radius 1 is 1.17 bits per heavy atom. The Bertz CT molecular complexity index is 743. The lowest BCUT2D eigenvalue weighted by molar-refractivity contribution is -0.146. The predicted octanol–water partition coefficient (Wildman–Crippen LogP) is 3.17. The highest BCUT2D eigenvalue weighted by molar-refractivity contribution is 8.00. The molecular formula is C21H32N4O3S. The molecule has 8 heteroatoms. The monoisotopic (exact) mass is 420 g/mol. The highest BCUT2D eigenvalue weighted by atomic mass is 32.2. The molecule has 1 aromatic heterocycles. The summed E-state index contributed by atoms with van der Waals surface area (Å²) in [4.78, 5) is 25.1. The zero-order chi connectivity index (χ0) is 20.6. The molecule has 5 rings (SSSR count). The van der Waals surface area contributed by atoms with Crippen LogP contribution in [0.25, 0.3) is 0 Å². The lowest BCUT2D eigenvalue weighted by Gasteiger charge is -2.55. The van der Waals surface area contributed by atoms with E-state index in [1.165, 1.54) is 31.0 Å². The minimum atomic E-state index is -0.348. The summed E-state index contributed by atoms with van der Waals surface area (Å²) in [5, 5.41) is 12.1. The van der Waals surface area contributed by atoms with Crippen LogP contribution < -0.4 is 5.32 Å². The normalized spacial score (nSPS) is 30.9. The Morgan fingerprint density at radius 2 is 1.79 bits per heavy atom. The van der Waals surface area contributed by atoms with Crippen LogP contribution in [0.1, 0.15) is 65.1 Å². The summed E-state index contributed by atoms with van der Waals surface area (Å²) in [6.45, 7) is 7.07. The molecule has 0 aromatic carbocycles. The molecule has 1 aromatic rings. The number of nitrogens with zero attached hydrogens (tertiary/aromatic N) is 3. The van der Waals surface area contributed by atoms with Crippen LogP contribution in [0.5, 0.6) is 0 Å². The van der Waals surface area contributed by atoms with Crippen LogP contribution in [0.2, 0.25) is 0 Å². The van der Waals surface area contributed by atoms with Crippen molar-refractivity contribution in [2.24, 2.45) is 23.2 Å². The van der Waals surface area contributed by atoms with Crippen LogP contribution in [0.4, 0.5) is 0 Å². The quantitative estimate of drug-likeness (QED) is 0.513. The van der Waals surface area contributed by atoms with E-state index >= 15 is 0 Å². The number of carbonyl (C=O) groups is 2. The maximum atomic E-state index is 13.2. The van der Waals surface area contributed by atoms with Crippen molar-refractivity contribution in [1.82, 2.24) is 20.1 Å². The maximum Gasteiger partial charge on any atom is 0.319 e. The van der Waals surface area contributed by atoms with Crippen molar-refractivity contribution in [2.45, 2.75) is 82.8 Å². The van der Waals surface area contributed by atoms with Gasteiger partial charge in [0, 0.05) is 12.0 Å². The number of thioether (sulfide) groups is 1. The molecule has 4 bridgehead atoms. The fourth-order valence-electron chi connectivity index (χ4n) is 6.06. The average Bonchev–Trinajstić information content (AvgIpc) is 3.06. The first-order valence-corrected chi connectivity index (χ1v) is 11.9. The molecular weight excluding hydrogens is 388 g/mol. The number of aromatic nitrogens is 3. The number of rotatable bonds is 8. The van der Waals surface area contributed by atoms with E-state index in [2.05, 4.69) is 15.5 Å². The Hall–Kier alpha value is -1.57. The molecule has 0 spiro atoms. The van der Waals surface area contributed by atoms with Crippen molar-refractivity contribution in [3.63, 3.8) is 0 Å². The standard InChI is InChI=1S/C21H32N4O3S/c1-4-25-17(23-24-20(25)29-13(3)18(26)28-5-2)12-22-19(27)21-9-14-6-15(10-21)8-16(7-14)11-21/h13-16H,4-12H2,1-3H3,(H,22,27). The molecule has 1 N–H and O–H groups in total. The molecule has 1 amide bonds. The zero-order valence-corrected chi connectivity index (χ0v) is 18.5. The summed E-state index contributed by atoms with van der Waals surface area (Å²) in [6, 6.07) is 0. The first-order chi connectivity index (χ1) is 13.9. The Balaban J connectivity index is 1.39. The largest absolute Gasteiger partial charge is 0.465 e. The molecule has 0 aliphatic heterocycles. The van der Waals surface area contributed by atoms with Crippen molar-refractivity contribution in [2.75, 3.05) is 6.61 Å². The Labute approximate surface area is 176 Å². The van der Waals surface area contributed by atoms with Crippen molar-refractivity contribution in [3.8, 4) is 0 Å². The van der Waals surface area contributed by atoms with Crippen molar-refractivity contribution < 1.29 is 14.3 Å². The molecule has 4 fully saturated rings. The van der Waals surface area contributed by atoms with Gasteiger partial charge >= 0.3 is 5.97 Å². The van der Waals surface area contributed by atoms with Gasteiger partial charge in [-0.05, 0) is 77.0 Å². The molecule has 1 atom stereocenters. The second-order valence-corrected chi connectivity index (χ2v) is 10.3. The SMILES string of the molecule is CCOC(=O)C(C)Sc1nnc(CNC(=O)C23CC4CC(CC(C4)C2)C3)n1CC. The second-order valence-electron chi connectivity index (χ2n) is 9.04. The van der Waals surface area contributed by atoms with E-state index in [4.69, 9.17) is 4.74 Å². The van der Waals surface area contributed by atoms with Crippen LogP contribution >= 0.6 is 11.8 Å². The third-order valence-corrected chi connectivity index (χ3v) is 8.00. The summed E-state index contributed by atoms with van der Waals surface area (Å²) in [6.07, 6.45) is 7.16. The molecule has 0 saturated heterocycles. The van der Waals surface area contributed by atoms with Crippen LogP contribution in [-0.4, -0.2) is 38.5 Å². The maximum absolute atomic E-state index is 13.2. The Morgan fingerprint density at radius 3 is 2.34 bits per heavy atom. The number of amides is 1. The van der Waals surface area contributed by atoms with Crippen LogP contribution in [-0.2, 0) is 27.4 Å². The predicted molar refractivity (Wildman–Crippen MR) is 110 cm³/mol. The topological polar surface area (TPSA) is 86.1 Å². The van der Waals surface area contributed by atoms with Gasteiger partial charge in [0.25, 0.3) is 0 Å². The van der Waals surface area contributed by atoms with Gasteiger partial charge in [0.15, 0.2) is 11.0 Å². The lowest BCUT2D eigenvalue weighted by atomic mass is 9.49. The molecule has 1 unspecified atom stereocenters. The average molecular weight is 421 g/mol. The molecule has 4 aliphatic carbocycles. The van der Waals surface area contributed by atoms with Gasteiger partial charge in [-0.25, -0.2) is 0 Å². The van der Waals surface area contributed by atoms with E-state index in [9.17, 15) is 9.59 Å². The minimum absolute atomic E-state index is 0.151. The van der Waals surface area contributed by atoms with E-state index in [0.717, 1.165) is 42.8 Å². The van der Waals surface area contributed by atoms with Gasteiger partial charge in [0.1, 0.15) is 5.25 Å². The molecule has 1 heterocycles. The smallest absolute Gasteiger partial charge is 0.319 e. The van der Waals surface area contributed by atoms with Gasteiger partial charge in [0.05, 0.1) is 13.2 Å². The second kappa shape index (κ2) is 8.28. The fourth-order valence-corrected chi connectivity index (χ4v) is 6.99. The van der Waals surface area contributed by atoms with Crippen molar-refractivity contribution in [1.29, 1.82) is 0 Å². The van der Waals surface area contributed by atoms with E-state index in [1.54, 1.807) is 6.92 Å². The Kier molecular flexibility index (Phi) is 5.91. The van der Waals surface area contributed by atoms with E-state index < -0.39 is 0 Å². The highest BCUT2D eigenvalue weighted by Crippen LogP contribution is 2.60. The molecule has 4 saturated carbocycles. The van der Waals surface area contributed by atoms with Gasteiger partial charge in [0.2, 0.25) is 5.91 Å². The number of esters is 1. The first kappa shape index (κ1) is 20.7. The molecule has 7 nitrogen and oxygen atoms in total. The third kappa shape index (κ3) is 4.05. The summed E-state index contributed by atoms with van der Waals surface area (Å²) in [5.74, 6) is 2.94. The minimum Gasteiger partial charge on any atom is -0.465 e. The van der Waals surface area contributed by atoms with Gasteiger partial charge in [-0.15, -0.1) is 10.2 Å². The first-order valence-electron chi connectivity index (χ1n) is 11.0. The van der Waals surface area contributed by atoms with Crippen LogP contribution in [0.15, 0.2) is 5.16 Å². The van der Waals surface area contributed by atoms with E-state index in [-0.39, 0.29) is 22.5 Å². The third-order valence-electron chi connectivity index (χ3n) is 6.94. The van der Waals surface area contributed by atoms with E-state index in [0.29, 0.717) is 24.9 Å². The number of nitrogens with one attached hydrogen (secondary N) is 1. The van der Waals surface area contributed by atoms with Gasteiger partial charge in [-0.2, -0.15) is 0 Å². The lowest BCUT2D eigenvalue weighted by Crippen LogP contribution is -2.53. The molecule has 0 radical (unpaired) electrons. The molecule has 29 heavy (non-hydrogen) atoms. The van der Waals surface area contributed by atoms with Gasteiger partial charge in [-0.1, -0.05) is 11.8 Å². The molecule has 4 aliphatic rings. The van der Waals surface area contributed by atoms with Crippen molar-refractivity contribution in [3.05, 3.63) is 5.82 Å². The molecule has 160 valence electrons. The van der Waals surface area contributed by atoms with Gasteiger partial charge in [-0.3, -0.25) is 9.59 Å². The number of carbonyl (C=O) groups excluding carboxylic acids is 2. The van der Waals surface area contributed by atoms with E-state index in [1.807, 2.05) is 18.4 Å². The van der Waals surface area contributed by atoms with Crippen molar-refractivity contribution >= 4 is 23.6 Å². The number of hydrogen-bond acceptors (Lipinski definition) is 6.